The van der Waals surface area contributed by atoms with Gasteiger partial charge in [-0.25, -0.2) is 0 Å². The van der Waals surface area contributed by atoms with Gasteiger partial charge in [0.05, 0.1) is 12.7 Å². The van der Waals surface area contributed by atoms with Crippen molar-refractivity contribution in [3.05, 3.63) is 0 Å². The Balaban J connectivity index is 2.24. The highest BCUT2D eigenvalue weighted by molar-refractivity contribution is 5.80. The molecule has 1 N–H and O–H groups in total. The van der Waals surface area contributed by atoms with Crippen molar-refractivity contribution in [1.29, 1.82) is 0 Å². The fourth-order valence-electron chi connectivity index (χ4n) is 2.24. The number of carbonyl (C=O) groups excluding carboxylic acids is 1. The van der Waals surface area contributed by atoms with E-state index in [1.54, 1.807) is 0 Å². The summed E-state index contributed by atoms with van der Waals surface area (Å²) in [6, 6.07) is 0. The van der Waals surface area contributed by atoms with E-state index in [0.717, 1.165) is 31.7 Å². The molecule has 94 valence electrons. The predicted molar refractivity (Wildman–Crippen MR) is 67.1 cm³/mol. The van der Waals surface area contributed by atoms with Crippen molar-refractivity contribution in [2.24, 2.45) is 5.92 Å². The minimum atomic E-state index is 0.281. The van der Waals surface area contributed by atoms with E-state index in [1.165, 1.54) is 12.8 Å². The maximum atomic E-state index is 11.7. The lowest BCUT2D eigenvalue weighted by Gasteiger charge is -2.24. The second-order valence-electron chi connectivity index (χ2n) is 5.16. The second kappa shape index (κ2) is 6.89. The molecule has 0 aromatic carbocycles. The van der Waals surface area contributed by atoms with Crippen LogP contribution in [0.25, 0.3) is 0 Å². The van der Waals surface area contributed by atoms with E-state index in [0.29, 0.717) is 12.7 Å². The van der Waals surface area contributed by atoms with Crippen molar-refractivity contribution < 1.29 is 4.79 Å². The van der Waals surface area contributed by atoms with Gasteiger partial charge in [0, 0.05) is 6.54 Å². The topological polar surface area (TPSA) is 32.3 Å². The number of nitrogens with zero attached hydrogens (tertiary/aromatic N) is 1. The van der Waals surface area contributed by atoms with Crippen LogP contribution in [0.3, 0.4) is 0 Å². The maximum Gasteiger partial charge on any atom is 0.237 e. The molecular formula is C13H26N2O. The lowest BCUT2D eigenvalue weighted by molar-refractivity contribution is -0.128. The zero-order chi connectivity index (χ0) is 12.0. The summed E-state index contributed by atoms with van der Waals surface area (Å²) in [6.45, 7) is 8.14. The molecule has 1 atom stereocenters. The highest BCUT2D eigenvalue weighted by Gasteiger charge is 2.28. The molecule has 1 rings (SSSR count). The van der Waals surface area contributed by atoms with Crippen molar-refractivity contribution in [1.82, 2.24) is 10.2 Å². The molecule has 0 aromatic heterocycles. The van der Waals surface area contributed by atoms with Gasteiger partial charge in [-0.05, 0) is 18.8 Å². The number of amides is 1. The molecule has 1 fully saturated rings. The van der Waals surface area contributed by atoms with Crippen LogP contribution in [-0.4, -0.2) is 30.1 Å². The molecule has 0 spiro atoms. The van der Waals surface area contributed by atoms with Crippen LogP contribution in [0.15, 0.2) is 0 Å². The average Bonchev–Trinajstić information content (AvgIpc) is 2.56. The van der Waals surface area contributed by atoms with Gasteiger partial charge in [-0.15, -0.1) is 0 Å². The van der Waals surface area contributed by atoms with Gasteiger partial charge < -0.3 is 4.90 Å². The summed E-state index contributed by atoms with van der Waals surface area (Å²) in [5.74, 6) is 1.06. The van der Waals surface area contributed by atoms with Crippen LogP contribution in [0.1, 0.15) is 52.9 Å². The third kappa shape index (κ3) is 4.12. The number of nitrogens with one attached hydrogen (secondary N) is 1. The summed E-state index contributed by atoms with van der Waals surface area (Å²) in [6.07, 6.45) is 6.17. The normalized spacial score (nSPS) is 21.1. The van der Waals surface area contributed by atoms with Gasteiger partial charge in [0.25, 0.3) is 0 Å². The zero-order valence-electron chi connectivity index (χ0n) is 11.0. The van der Waals surface area contributed by atoms with Crippen LogP contribution in [0, 0.1) is 5.92 Å². The lowest BCUT2D eigenvalue weighted by atomic mass is 10.1. The van der Waals surface area contributed by atoms with Gasteiger partial charge in [-0.2, -0.15) is 0 Å². The first-order valence-electron chi connectivity index (χ1n) is 6.68. The zero-order valence-corrected chi connectivity index (χ0v) is 11.0. The van der Waals surface area contributed by atoms with E-state index in [4.69, 9.17) is 0 Å². The molecule has 0 bridgehead atoms. The molecule has 0 saturated carbocycles. The molecule has 1 saturated heterocycles. The molecule has 1 aliphatic rings. The fourth-order valence-corrected chi connectivity index (χ4v) is 2.24. The van der Waals surface area contributed by atoms with Crippen LogP contribution in [0.5, 0.6) is 0 Å². The van der Waals surface area contributed by atoms with Crippen LogP contribution < -0.4 is 5.32 Å². The maximum absolute atomic E-state index is 11.7. The van der Waals surface area contributed by atoms with Gasteiger partial charge in [0.1, 0.15) is 0 Å². The van der Waals surface area contributed by atoms with Crippen molar-refractivity contribution >= 4 is 5.91 Å². The Morgan fingerprint density at radius 2 is 2.19 bits per heavy atom. The molecule has 16 heavy (non-hydrogen) atoms. The van der Waals surface area contributed by atoms with Crippen LogP contribution in [0.4, 0.5) is 0 Å². The van der Waals surface area contributed by atoms with Gasteiger partial charge in [-0.1, -0.05) is 40.0 Å². The number of hydrogen-bond donors (Lipinski definition) is 1. The predicted octanol–water partition coefficient (Wildman–Crippen LogP) is 2.37. The van der Waals surface area contributed by atoms with Gasteiger partial charge in [0.2, 0.25) is 5.91 Å². The van der Waals surface area contributed by atoms with Gasteiger partial charge >= 0.3 is 0 Å². The fraction of sp³-hybridized carbons (Fsp3) is 0.923. The summed E-state index contributed by atoms with van der Waals surface area (Å²) in [4.78, 5) is 13.7. The molecule has 0 aliphatic carbocycles. The van der Waals surface area contributed by atoms with E-state index < -0.39 is 0 Å². The van der Waals surface area contributed by atoms with Crippen molar-refractivity contribution in [3.8, 4) is 0 Å². The van der Waals surface area contributed by atoms with Crippen molar-refractivity contribution in [3.63, 3.8) is 0 Å². The Hall–Kier alpha value is -0.570. The molecule has 3 heteroatoms. The van der Waals surface area contributed by atoms with Gasteiger partial charge in [0.15, 0.2) is 0 Å². The SMILES string of the molecule is CCCC1NCC(=O)N1CCCCC(C)C. The quantitative estimate of drug-likeness (QED) is 0.676. The van der Waals surface area contributed by atoms with Crippen molar-refractivity contribution in [2.45, 2.75) is 59.0 Å². The minimum Gasteiger partial charge on any atom is -0.326 e. The highest BCUT2D eigenvalue weighted by atomic mass is 16.2. The van der Waals surface area contributed by atoms with E-state index in [1.807, 2.05) is 4.90 Å². The smallest absolute Gasteiger partial charge is 0.237 e. The minimum absolute atomic E-state index is 0.281. The number of hydrogen-bond acceptors (Lipinski definition) is 2. The molecule has 0 aromatic rings. The Morgan fingerprint density at radius 1 is 1.44 bits per heavy atom. The Kier molecular flexibility index (Phi) is 5.81. The van der Waals surface area contributed by atoms with Gasteiger partial charge in [-0.3, -0.25) is 10.1 Å². The van der Waals surface area contributed by atoms with E-state index >= 15 is 0 Å². The number of carbonyl (C=O) groups is 1. The molecule has 3 nitrogen and oxygen atoms in total. The largest absolute Gasteiger partial charge is 0.326 e. The first kappa shape index (κ1) is 13.5. The summed E-state index contributed by atoms with van der Waals surface area (Å²) in [5.41, 5.74) is 0. The first-order chi connectivity index (χ1) is 7.65. The van der Waals surface area contributed by atoms with Crippen molar-refractivity contribution in [2.75, 3.05) is 13.1 Å². The lowest BCUT2D eigenvalue weighted by Crippen LogP contribution is -2.37. The van der Waals surface area contributed by atoms with Crippen LogP contribution in [-0.2, 0) is 4.79 Å². The first-order valence-corrected chi connectivity index (χ1v) is 6.68. The molecule has 1 amide bonds. The average molecular weight is 226 g/mol. The van der Waals surface area contributed by atoms with E-state index in [2.05, 4.69) is 26.1 Å². The van der Waals surface area contributed by atoms with Crippen LogP contribution >= 0.6 is 0 Å². The summed E-state index contributed by atoms with van der Waals surface area (Å²) in [5, 5.41) is 3.28. The third-order valence-corrected chi connectivity index (χ3v) is 3.18. The molecule has 1 aliphatic heterocycles. The van der Waals surface area contributed by atoms with Crippen LogP contribution in [0.2, 0.25) is 0 Å². The third-order valence-electron chi connectivity index (χ3n) is 3.18. The van der Waals surface area contributed by atoms with E-state index in [9.17, 15) is 4.79 Å². The Labute approximate surface area is 99.6 Å². The molecule has 1 heterocycles. The number of unbranched alkanes of at least 4 members (excludes halogenated alkanes) is 1. The van der Waals surface area contributed by atoms with E-state index in [-0.39, 0.29) is 5.91 Å². The summed E-state index contributed by atoms with van der Waals surface area (Å²) >= 11 is 0. The highest BCUT2D eigenvalue weighted by Crippen LogP contribution is 2.13. The molecule has 1 unspecified atom stereocenters. The molecular weight excluding hydrogens is 200 g/mol. The monoisotopic (exact) mass is 226 g/mol. The summed E-state index contributed by atoms with van der Waals surface area (Å²) in [7, 11) is 0. The number of rotatable bonds is 7. The molecule has 0 radical (unpaired) electrons. The Morgan fingerprint density at radius 3 is 2.81 bits per heavy atom. The standard InChI is InChI=1S/C13H26N2O/c1-4-7-12-14-10-13(16)15(12)9-6-5-8-11(2)3/h11-12,14H,4-10H2,1-3H3. The Bertz CT molecular complexity index is 216. The second-order valence-corrected chi connectivity index (χ2v) is 5.16. The summed E-state index contributed by atoms with van der Waals surface area (Å²) < 4.78 is 0.